The fourth-order valence-corrected chi connectivity index (χ4v) is 3.52. The fourth-order valence-electron chi connectivity index (χ4n) is 2.41. The third kappa shape index (κ3) is 4.90. The SMILES string of the molecule is C=CCn1c(COc2ccccc2Cl)nnc1SCc1ccc([N+](=O)[O-])cc1. The second-order valence-electron chi connectivity index (χ2n) is 5.73. The van der Waals surface area contributed by atoms with Crippen LogP contribution in [0.3, 0.4) is 0 Å². The van der Waals surface area contributed by atoms with Crippen LogP contribution in [0.5, 0.6) is 5.75 Å². The minimum absolute atomic E-state index is 0.0718. The highest BCUT2D eigenvalue weighted by atomic mass is 35.5. The zero-order valence-corrected chi connectivity index (χ0v) is 16.4. The van der Waals surface area contributed by atoms with E-state index in [1.165, 1.54) is 23.9 Å². The molecule has 0 bridgehead atoms. The van der Waals surface area contributed by atoms with Gasteiger partial charge in [-0.05, 0) is 17.7 Å². The van der Waals surface area contributed by atoms with E-state index in [0.717, 1.165) is 10.7 Å². The fraction of sp³-hybridized carbons (Fsp3) is 0.158. The maximum atomic E-state index is 10.7. The van der Waals surface area contributed by atoms with E-state index < -0.39 is 4.92 Å². The second-order valence-corrected chi connectivity index (χ2v) is 7.08. The molecule has 0 aliphatic rings. The molecule has 1 heterocycles. The number of hydrogen-bond acceptors (Lipinski definition) is 6. The number of benzene rings is 2. The molecule has 0 saturated carbocycles. The number of non-ortho nitro benzene ring substituents is 1. The van der Waals surface area contributed by atoms with Gasteiger partial charge in [-0.2, -0.15) is 0 Å². The van der Waals surface area contributed by atoms with Crippen molar-refractivity contribution in [2.24, 2.45) is 0 Å². The Hall–Kier alpha value is -2.84. The molecule has 9 heteroatoms. The van der Waals surface area contributed by atoms with Crippen molar-refractivity contribution >= 4 is 29.1 Å². The lowest BCUT2D eigenvalue weighted by Gasteiger charge is -2.10. The van der Waals surface area contributed by atoms with Gasteiger partial charge in [0.15, 0.2) is 11.0 Å². The first-order valence-electron chi connectivity index (χ1n) is 8.35. The summed E-state index contributed by atoms with van der Waals surface area (Å²) in [4.78, 5) is 10.3. The van der Waals surface area contributed by atoms with E-state index in [-0.39, 0.29) is 12.3 Å². The number of ether oxygens (including phenoxy) is 1. The highest BCUT2D eigenvalue weighted by Crippen LogP contribution is 2.26. The van der Waals surface area contributed by atoms with Crippen LogP contribution in [0.1, 0.15) is 11.4 Å². The Morgan fingerprint density at radius 3 is 2.64 bits per heavy atom. The van der Waals surface area contributed by atoms with Crippen LogP contribution >= 0.6 is 23.4 Å². The van der Waals surface area contributed by atoms with Crippen LogP contribution in [-0.4, -0.2) is 19.7 Å². The molecular formula is C19H17ClN4O3S. The third-order valence-electron chi connectivity index (χ3n) is 3.81. The lowest BCUT2D eigenvalue weighted by molar-refractivity contribution is -0.384. The van der Waals surface area contributed by atoms with Crippen molar-refractivity contribution < 1.29 is 9.66 Å². The Morgan fingerprint density at radius 2 is 1.96 bits per heavy atom. The number of nitrogens with zero attached hydrogens (tertiary/aromatic N) is 4. The van der Waals surface area contributed by atoms with Crippen molar-refractivity contribution in [3.05, 3.63) is 87.7 Å². The third-order valence-corrected chi connectivity index (χ3v) is 5.16. The summed E-state index contributed by atoms with van der Waals surface area (Å²) in [7, 11) is 0. The Morgan fingerprint density at radius 1 is 1.21 bits per heavy atom. The molecule has 0 saturated heterocycles. The van der Waals surface area contributed by atoms with Crippen molar-refractivity contribution in [2.75, 3.05) is 0 Å². The molecule has 3 rings (SSSR count). The monoisotopic (exact) mass is 416 g/mol. The van der Waals surface area contributed by atoms with Gasteiger partial charge in [0.25, 0.3) is 5.69 Å². The largest absolute Gasteiger partial charge is 0.484 e. The minimum Gasteiger partial charge on any atom is -0.484 e. The van der Waals surface area contributed by atoms with Crippen LogP contribution < -0.4 is 4.74 Å². The molecule has 28 heavy (non-hydrogen) atoms. The van der Waals surface area contributed by atoms with E-state index in [9.17, 15) is 10.1 Å². The van der Waals surface area contributed by atoms with Crippen molar-refractivity contribution in [3.8, 4) is 5.75 Å². The van der Waals surface area contributed by atoms with Gasteiger partial charge >= 0.3 is 0 Å². The number of rotatable bonds is 9. The summed E-state index contributed by atoms with van der Waals surface area (Å²) < 4.78 is 7.68. The van der Waals surface area contributed by atoms with Crippen LogP contribution in [0.25, 0.3) is 0 Å². The Bertz CT molecular complexity index is 976. The number of allylic oxidation sites excluding steroid dienone is 1. The average molecular weight is 417 g/mol. The number of para-hydroxylation sites is 1. The van der Waals surface area contributed by atoms with Gasteiger partial charge in [-0.25, -0.2) is 0 Å². The molecule has 0 amide bonds. The number of nitro benzene ring substituents is 1. The van der Waals surface area contributed by atoms with Gasteiger partial charge in [0.1, 0.15) is 12.4 Å². The predicted molar refractivity (Wildman–Crippen MR) is 109 cm³/mol. The predicted octanol–water partition coefficient (Wildman–Crippen LogP) is 4.90. The molecule has 0 atom stereocenters. The van der Waals surface area contributed by atoms with E-state index in [1.807, 2.05) is 16.7 Å². The van der Waals surface area contributed by atoms with Crippen molar-refractivity contribution in [2.45, 2.75) is 24.1 Å². The van der Waals surface area contributed by atoms with Gasteiger partial charge in [-0.1, -0.05) is 53.7 Å². The number of hydrogen-bond donors (Lipinski definition) is 0. The van der Waals surface area contributed by atoms with Gasteiger partial charge in [-0.15, -0.1) is 16.8 Å². The topological polar surface area (TPSA) is 83.1 Å². The Kier molecular flexibility index (Phi) is 6.67. The summed E-state index contributed by atoms with van der Waals surface area (Å²) in [6.45, 7) is 4.55. The first-order chi connectivity index (χ1) is 13.6. The number of aromatic nitrogens is 3. The van der Waals surface area contributed by atoms with Crippen molar-refractivity contribution in [3.63, 3.8) is 0 Å². The molecule has 2 aromatic carbocycles. The maximum Gasteiger partial charge on any atom is 0.269 e. The molecule has 0 fully saturated rings. The highest BCUT2D eigenvalue weighted by molar-refractivity contribution is 7.98. The van der Waals surface area contributed by atoms with E-state index in [1.54, 1.807) is 30.3 Å². The van der Waals surface area contributed by atoms with Crippen LogP contribution in [0.2, 0.25) is 5.02 Å². The van der Waals surface area contributed by atoms with E-state index in [0.29, 0.717) is 28.9 Å². The summed E-state index contributed by atoms with van der Waals surface area (Å²) in [6, 6.07) is 13.7. The number of nitro groups is 1. The van der Waals surface area contributed by atoms with E-state index in [4.69, 9.17) is 16.3 Å². The molecule has 7 nitrogen and oxygen atoms in total. The average Bonchev–Trinajstić information content (AvgIpc) is 3.08. The van der Waals surface area contributed by atoms with E-state index in [2.05, 4.69) is 16.8 Å². The Labute approximate surface area is 171 Å². The lowest BCUT2D eigenvalue weighted by atomic mass is 10.2. The molecular weight excluding hydrogens is 400 g/mol. The molecule has 0 spiro atoms. The molecule has 0 radical (unpaired) electrons. The van der Waals surface area contributed by atoms with Crippen LogP contribution in [0, 0.1) is 10.1 Å². The smallest absolute Gasteiger partial charge is 0.269 e. The van der Waals surface area contributed by atoms with Gasteiger partial charge in [0.05, 0.1) is 9.95 Å². The second kappa shape index (κ2) is 9.38. The highest BCUT2D eigenvalue weighted by Gasteiger charge is 2.13. The quantitative estimate of drug-likeness (QED) is 0.213. The molecule has 1 aromatic heterocycles. The van der Waals surface area contributed by atoms with Crippen molar-refractivity contribution in [1.29, 1.82) is 0 Å². The van der Waals surface area contributed by atoms with Crippen LogP contribution in [-0.2, 0) is 18.9 Å². The normalized spacial score (nSPS) is 10.6. The van der Waals surface area contributed by atoms with Gasteiger partial charge in [-0.3, -0.25) is 14.7 Å². The zero-order chi connectivity index (χ0) is 19.9. The number of thioether (sulfide) groups is 1. The van der Waals surface area contributed by atoms with Gasteiger partial charge < -0.3 is 4.74 Å². The summed E-state index contributed by atoms with van der Waals surface area (Å²) in [5, 5.41) is 20.4. The summed E-state index contributed by atoms with van der Waals surface area (Å²) in [5.41, 5.74) is 1.03. The lowest BCUT2D eigenvalue weighted by Crippen LogP contribution is -2.07. The van der Waals surface area contributed by atoms with Crippen molar-refractivity contribution in [1.82, 2.24) is 14.8 Å². The summed E-state index contributed by atoms with van der Waals surface area (Å²) >= 11 is 7.60. The molecule has 0 unspecified atom stereocenters. The maximum absolute atomic E-state index is 10.7. The standard InChI is InChI=1S/C19H17ClN4O3S/c1-2-11-23-18(12-27-17-6-4-3-5-16(17)20)21-22-19(23)28-13-14-7-9-15(10-8-14)24(25)26/h2-10H,1,11-13H2. The number of halogens is 1. The Balaban J connectivity index is 1.68. The first kappa shape index (κ1) is 19.9. The molecule has 144 valence electrons. The van der Waals surface area contributed by atoms with Gasteiger partial charge in [0.2, 0.25) is 0 Å². The van der Waals surface area contributed by atoms with Crippen LogP contribution in [0.15, 0.2) is 66.3 Å². The molecule has 3 aromatic rings. The zero-order valence-electron chi connectivity index (χ0n) is 14.8. The van der Waals surface area contributed by atoms with Gasteiger partial charge in [0, 0.05) is 24.4 Å². The summed E-state index contributed by atoms with van der Waals surface area (Å²) in [6.07, 6.45) is 1.76. The molecule has 0 N–H and O–H groups in total. The first-order valence-corrected chi connectivity index (χ1v) is 9.71. The minimum atomic E-state index is -0.414. The molecule has 0 aliphatic carbocycles. The molecule has 0 aliphatic heterocycles. The van der Waals surface area contributed by atoms with Crippen LogP contribution in [0.4, 0.5) is 5.69 Å². The summed E-state index contributed by atoms with van der Waals surface area (Å²) in [5.74, 6) is 1.85. The van der Waals surface area contributed by atoms with E-state index >= 15 is 0 Å².